The van der Waals surface area contributed by atoms with Crippen molar-refractivity contribution in [2.75, 3.05) is 6.61 Å². The van der Waals surface area contributed by atoms with Crippen LogP contribution in [-0.4, -0.2) is 11.7 Å². The summed E-state index contributed by atoms with van der Waals surface area (Å²) in [6.45, 7) is 4.99. The van der Waals surface area contributed by atoms with Crippen LogP contribution in [0.1, 0.15) is 40.3 Å². The van der Waals surface area contributed by atoms with Gasteiger partial charge in [0.25, 0.3) is 0 Å². The Bertz CT molecular complexity index is 646. The number of aliphatic hydroxyl groups excluding tert-OH is 1. The molecule has 0 spiro atoms. The molecule has 1 aliphatic heterocycles. The number of ether oxygens (including phenoxy) is 1. The quantitative estimate of drug-likeness (QED) is 0.925. The molecule has 110 valence electrons. The molecule has 1 unspecified atom stereocenters. The minimum Gasteiger partial charge on any atom is -0.493 e. The third-order valence-corrected chi connectivity index (χ3v) is 4.24. The normalized spacial score (nSPS) is 15.2. The highest BCUT2D eigenvalue weighted by atomic mass is 16.5. The van der Waals surface area contributed by atoms with E-state index in [0.717, 1.165) is 30.8 Å². The molecule has 2 aromatic carbocycles. The average Bonchev–Trinajstić information content (AvgIpc) is 2.50. The maximum atomic E-state index is 10.6. The van der Waals surface area contributed by atoms with Crippen molar-refractivity contribution in [3.8, 4) is 5.75 Å². The molecule has 0 radical (unpaired) electrons. The molecule has 3 rings (SSSR count). The molecule has 0 fully saturated rings. The first-order chi connectivity index (χ1) is 10.1. The lowest BCUT2D eigenvalue weighted by atomic mass is 9.94. The first-order valence-corrected chi connectivity index (χ1v) is 7.63. The summed E-state index contributed by atoms with van der Waals surface area (Å²) in [6, 6.07) is 12.5. The SMILES string of the molecule is Cc1ccc(C)c(CC(O)c2ccc3c(c2)CCCO3)c1. The molecule has 21 heavy (non-hydrogen) atoms. The molecule has 1 aliphatic rings. The molecule has 0 saturated heterocycles. The Hall–Kier alpha value is -1.80. The van der Waals surface area contributed by atoms with Crippen LogP contribution in [0.2, 0.25) is 0 Å². The molecule has 1 atom stereocenters. The lowest BCUT2D eigenvalue weighted by Crippen LogP contribution is -2.10. The van der Waals surface area contributed by atoms with Gasteiger partial charge in [-0.1, -0.05) is 29.8 Å². The van der Waals surface area contributed by atoms with Crippen LogP contribution in [0, 0.1) is 13.8 Å². The number of aryl methyl sites for hydroxylation is 3. The summed E-state index contributed by atoms with van der Waals surface area (Å²) >= 11 is 0. The smallest absolute Gasteiger partial charge is 0.122 e. The van der Waals surface area contributed by atoms with Gasteiger partial charge in [-0.25, -0.2) is 0 Å². The predicted molar refractivity (Wildman–Crippen MR) is 84.8 cm³/mol. The maximum Gasteiger partial charge on any atom is 0.122 e. The Morgan fingerprint density at radius 2 is 2.00 bits per heavy atom. The fraction of sp³-hybridized carbons (Fsp3) is 0.368. The first-order valence-electron chi connectivity index (χ1n) is 7.63. The molecule has 0 aromatic heterocycles. The minimum absolute atomic E-state index is 0.460. The van der Waals surface area contributed by atoms with E-state index in [2.05, 4.69) is 38.1 Å². The summed E-state index contributed by atoms with van der Waals surface area (Å²) in [6.07, 6.45) is 2.30. The monoisotopic (exact) mass is 282 g/mol. The molecule has 0 amide bonds. The van der Waals surface area contributed by atoms with E-state index in [9.17, 15) is 5.11 Å². The summed E-state index contributed by atoms with van der Waals surface area (Å²) in [5.41, 5.74) is 5.90. The molecular weight excluding hydrogens is 260 g/mol. The molecule has 0 bridgehead atoms. The Balaban J connectivity index is 1.82. The zero-order valence-corrected chi connectivity index (χ0v) is 12.7. The predicted octanol–water partition coefficient (Wildman–Crippen LogP) is 3.90. The third-order valence-electron chi connectivity index (χ3n) is 4.24. The molecule has 0 aliphatic carbocycles. The molecule has 1 N–H and O–H groups in total. The van der Waals surface area contributed by atoms with Crippen molar-refractivity contribution in [1.29, 1.82) is 0 Å². The Morgan fingerprint density at radius 3 is 2.86 bits per heavy atom. The number of hydrogen-bond donors (Lipinski definition) is 1. The van der Waals surface area contributed by atoms with Crippen molar-refractivity contribution in [2.45, 2.75) is 39.2 Å². The van der Waals surface area contributed by atoms with Gasteiger partial charge in [0.05, 0.1) is 12.7 Å². The first kappa shape index (κ1) is 14.2. The third kappa shape index (κ3) is 3.11. The van der Waals surface area contributed by atoms with Crippen molar-refractivity contribution in [1.82, 2.24) is 0 Å². The minimum atomic E-state index is -0.460. The number of rotatable bonds is 3. The second kappa shape index (κ2) is 5.90. The van der Waals surface area contributed by atoms with E-state index in [1.807, 2.05) is 12.1 Å². The Morgan fingerprint density at radius 1 is 1.14 bits per heavy atom. The number of aliphatic hydroxyl groups is 1. The Labute approximate surface area is 126 Å². The maximum absolute atomic E-state index is 10.6. The second-order valence-electron chi connectivity index (χ2n) is 5.97. The topological polar surface area (TPSA) is 29.5 Å². The van der Waals surface area contributed by atoms with E-state index in [0.29, 0.717) is 6.42 Å². The second-order valence-corrected chi connectivity index (χ2v) is 5.97. The van der Waals surface area contributed by atoms with E-state index >= 15 is 0 Å². The van der Waals surface area contributed by atoms with Gasteiger partial charge in [0.15, 0.2) is 0 Å². The summed E-state index contributed by atoms with van der Waals surface area (Å²) in [7, 11) is 0. The van der Waals surface area contributed by atoms with Crippen molar-refractivity contribution < 1.29 is 9.84 Å². The summed E-state index contributed by atoms with van der Waals surface area (Å²) in [5, 5.41) is 10.6. The molecule has 0 saturated carbocycles. The summed E-state index contributed by atoms with van der Waals surface area (Å²) in [5.74, 6) is 0.976. The van der Waals surface area contributed by atoms with E-state index in [1.54, 1.807) is 0 Å². The van der Waals surface area contributed by atoms with Crippen LogP contribution in [0.25, 0.3) is 0 Å². The van der Waals surface area contributed by atoms with Gasteiger partial charge < -0.3 is 9.84 Å². The fourth-order valence-corrected chi connectivity index (χ4v) is 2.93. The molecular formula is C19H22O2. The molecule has 2 nitrogen and oxygen atoms in total. The molecule has 2 aromatic rings. The summed E-state index contributed by atoms with van der Waals surface area (Å²) in [4.78, 5) is 0. The highest BCUT2D eigenvalue weighted by Gasteiger charge is 2.15. The van der Waals surface area contributed by atoms with Crippen molar-refractivity contribution >= 4 is 0 Å². The highest BCUT2D eigenvalue weighted by molar-refractivity contribution is 5.40. The van der Waals surface area contributed by atoms with E-state index in [4.69, 9.17) is 4.74 Å². The average molecular weight is 282 g/mol. The lowest BCUT2D eigenvalue weighted by molar-refractivity contribution is 0.178. The number of fused-ring (bicyclic) bond motifs is 1. The molecule has 2 heteroatoms. The zero-order valence-electron chi connectivity index (χ0n) is 12.7. The van der Waals surface area contributed by atoms with Crippen LogP contribution >= 0.6 is 0 Å². The number of benzene rings is 2. The van der Waals surface area contributed by atoms with Gasteiger partial charge in [-0.15, -0.1) is 0 Å². The zero-order chi connectivity index (χ0) is 14.8. The van der Waals surface area contributed by atoms with Crippen LogP contribution < -0.4 is 4.74 Å². The van der Waals surface area contributed by atoms with Crippen LogP contribution in [-0.2, 0) is 12.8 Å². The van der Waals surface area contributed by atoms with Crippen molar-refractivity contribution in [3.05, 3.63) is 64.2 Å². The van der Waals surface area contributed by atoms with E-state index in [-0.39, 0.29) is 0 Å². The van der Waals surface area contributed by atoms with Crippen molar-refractivity contribution in [2.24, 2.45) is 0 Å². The van der Waals surface area contributed by atoms with Crippen LogP contribution in [0.5, 0.6) is 5.75 Å². The molecule has 1 heterocycles. The van der Waals surface area contributed by atoms with Crippen molar-refractivity contribution in [3.63, 3.8) is 0 Å². The van der Waals surface area contributed by atoms with Gasteiger partial charge in [-0.05, 0) is 61.1 Å². The highest BCUT2D eigenvalue weighted by Crippen LogP contribution is 2.29. The largest absolute Gasteiger partial charge is 0.493 e. The van der Waals surface area contributed by atoms with Gasteiger partial charge in [-0.3, -0.25) is 0 Å². The van der Waals surface area contributed by atoms with Gasteiger partial charge >= 0.3 is 0 Å². The van der Waals surface area contributed by atoms with Crippen LogP contribution in [0.15, 0.2) is 36.4 Å². The number of hydrogen-bond acceptors (Lipinski definition) is 2. The fourth-order valence-electron chi connectivity index (χ4n) is 2.93. The van der Waals surface area contributed by atoms with Crippen LogP contribution in [0.4, 0.5) is 0 Å². The van der Waals surface area contributed by atoms with Gasteiger partial charge in [0, 0.05) is 6.42 Å². The lowest BCUT2D eigenvalue weighted by Gasteiger charge is -2.20. The standard InChI is InChI=1S/C19H22O2/c1-13-5-6-14(2)17(10-13)12-18(20)15-7-8-19-16(11-15)4-3-9-21-19/h5-8,10-11,18,20H,3-4,9,12H2,1-2H3. The van der Waals surface area contributed by atoms with E-state index in [1.165, 1.54) is 22.3 Å². The Kier molecular flexibility index (Phi) is 3.98. The van der Waals surface area contributed by atoms with Gasteiger partial charge in [0.2, 0.25) is 0 Å². The van der Waals surface area contributed by atoms with Gasteiger partial charge in [-0.2, -0.15) is 0 Å². The van der Waals surface area contributed by atoms with Gasteiger partial charge in [0.1, 0.15) is 5.75 Å². The van der Waals surface area contributed by atoms with Crippen LogP contribution in [0.3, 0.4) is 0 Å². The van der Waals surface area contributed by atoms with E-state index < -0.39 is 6.10 Å². The summed E-state index contributed by atoms with van der Waals surface area (Å²) < 4.78 is 5.63.